The number of aromatic nitrogens is 2. The SMILES string of the molecule is CCCc1nc(N)nc2c1C(=O)C(C(=O)OC)C(C)(C)C2. The second kappa shape index (κ2) is 5.42. The molecule has 114 valence electrons. The van der Waals surface area contributed by atoms with Gasteiger partial charge in [0.05, 0.1) is 24.1 Å². The predicted octanol–water partition coefficient (Wildman–Crippen LogP) is 1.57. The third-order valence-electron chi connectivity index (χ3n) is 3.91. The zero-order valence-corrected chi connectivity index (χ0v) is 12.9. The Labute approximate surface area is 124 Å². The Bertz CT molecular complexity index is 596. The van der Waals surface area contributed by atoms with Gasteiger partial charge in [0.1, 0.15) is 5.92 Å². The van der Waals surface area contributed by atoms with Gasteiger partial charge in [0.25, 0.3) is 0 Å². The molecule has 2 N–H and O–H groups in total. The Morgan fingerprint density at radius 1 is 1.43 bits per heavy atom. The maximum Gasteiger partial charge on any atom is 0.317 e. The van der Waals surface area contributed by atoms with E-state index in [0.717, 1.165) is 6.42 Å². The van der Waals surface area contributed by atoms with Crippen LogP contribution in [0.15, 0.2) is 0 Å². The van der Waals surface area contributed by atoms with Crippen LogP contribution in [0.2, 0.25) is 0 Å². The molecule has 1 aromatic rings. The molecule has 0 saturated carbocycles. The maximum absolute atomic E-state index is 12.8. The minimum Gasteiger partial charge on any atom is -0.468 e. The number of nitrogen functional groups attached to an aromatic ring is 1. The van der Waals surface area contributed by atoms with Crippen molar-refractivity contribution in [1.82, 2.24) is 9.97 Å². The van der Waals surface area contributed by atoms with Gasteiger partial charge in [0.2, 0.25) is 5.95 Å². The van der Waals surface area contributed by atoms with Crippen LogP contribution >= 0.6 is 0 Å². The largest absolute Gasteiger partial charge is 0.468 e. The van der Waals surface area contributed by atoms with Crippen LogP contribution in [0.5, 0.6) is 0 Å². The lowest BCUT2D eigenvalue weighted by Crippen LogP contribution is -2.44. The van der Waals surface area contributed by atoms with Crippen LogP contribution < -0.4 is 5.73 Å². The summed E-state index contributed by atoms with van der Waals surface area (Å²) >= 11 is 0. The molecule has 1 aliphatic rings. The molecule has 21 heavy (non-hydrogen) atoms. The summed E-state index contributed by atoms with van der Waals surface area (Å²) in [5, 5.41) is 0. The number of ether oxygens (including phenoxy) is 1. The van der Waals surface area contributed by atoms with Crippen LogP contribution in [0.4, 0.5) is 5.95 Å². The Hall–Kier alpha value is -1.98. The summed E-state index contributed by atoms with van der Waals surface area (Å²) < 4.78 is 4.81. The van der Waals surface area contributed by atoms with E-state index in [1.165, 1.54) is 7.11 Å². The van der Waals surface area contributed by atoms with Gasteiger partial charge in [-0.15, -0.1) is 0 Å². The number of Topliss-reactive ketones (excluding diaryl/α,β-unsaturated/α-hetero) is 1. The molecule has 0 bridgehead atoms. The third kappa shape index (κ3) is 2.62. The molecule has 0 radical (unpaired) electrons. The molecule has 6 nitrogen and oxygen atoms in total. The van der Waals surface area contributed by atoms with Gasteiger partial charge in [-0.1, -0.05) is 27.2 Å². The van der Waals surface area contributed by atoms with Crippen molar-refractivity contribution in [1.29, 1.82) is 0 Å². The quantitative estimate of drug-likeness (QED) is 0.671. The van der Waals surface area contributed by atoms with E-state index in [-0.39, 0.29) is 11.7 Å². The smallest absolute Gasteiger partial charge is 0.317 e. The van der Waals surface area contributed by atoms with Gasteiger partial charge in [-0.3, -0.25) is 9.59 Å². The molecule has 6 heteroatoms. The van der Waals surface area contributed by atoms with E-state index in [4.69, 9.17) is 10.5 Å². The molecule has 0 amide bonds. The Kier molecular flexibility index (Phi) is 3.98. The minimum atomic E-state index is -0.821. The molecule has 1 aromatic heterocycles. The molecule has 0 spiro atoms. The summed E-state index contributed by atoms with van der Waals surface area (Å²) in [6, 6.07) is 0. The summed E-state index contributed by atoms with van der Waals surface area (Å²) in [5.74, 6) is -1.40. The molecule has 1 aliphatic carbocycles. The first kappa shape index (κ1) is 15.4. The number of nitrogens with zero attached hydrogens (tertiary/aromatic N) is 2. The van der Waals surface area contributed by atoms with Gasteiger partial charge in [0.15, 0.2) is 5.78 Å². The summed E-state index contributed by atoms with van der Waals surface area (Å²) in [4.78, 5) is 33.3. The van der Waals surface area contributed by atoms with Crippen LogP contribution in [-0.4, -0.2) is 28.8 Å². The number of anilines is 1. The number of aryl methyl sites for hydroxylation is 1. The number of methoxy groups -OCH3 is 1. The molecule has 0 saturated heterocycles. The van der Waals surface area contributed by atoms with Crippen LogP contribution in [0.1, 0.15) is 48.9 Å². The first-order valence-corrected chi connectivity index (χ1v) is 7.09. The standard InChI is InChI=1S/C15H21N3O3/c1-5-6-8-10-9(18-14(16)17-8)7-15(2,3)11(12(10)19)13(20)21-4/h11H,5-7H2,1-4H3,(H2,16,17,18). The number of nitrogens with two attached hydrogens (primary N) is 1. The van der Waals surface area contributed by atoms with E-state index in [1.807, 2.05) is 20.8 Å². The van der Waals surface area contributed by atoms with Gasteiger partial charge in [-0.2, -0.15) is 0 Å². The van der Waals surface area contributed by atoms with E-state index < -0.39 is 17.3 Å². The zero-order valence-electron chi connectivity index (χ0n) is 12.9. The highest BCUT2D eigenvalue weighted by atomic mass is 16.5. The third-order valence-corrected chi connectivity index (χ3v) is 3.91. The topological polar surface area (TPSA) is 95.2 Å². The van der Waals surface area contributed by atoms with Crippen LogP contribution in [0.3, 0.4) is 0 Å². The van der Waals surface area contributed by atoms with Gasteiger partial charge in [0, 0.05) is 0 Å². The fourth-order valence-corrected chi connectivity index (χ4v) is 2.99. The lowest BCUT2D eigenvalue weighted by atomic mass is 9.67. The molecule has 0 aromatic carbocycles. The van der Waals surface area contributed by atoms with Gasteiger partial charge in [-0.05, 0) is 18.3 Å². The van der Waals surface area contributed by atoms with Crippen molar-refractivity contribution in [2.45, 2.75) is 40.0 Å². The second-order valence-corrected chi connectivity index (χ2v) is 6.09. The van der Waals surface area contributed by atoms with Crippen LogP contribution in [0, 0.1) is 11.3 Å². The van der Waals surface area contributed by atoms with Crippen LogP contribution in [-0.2, 0) is 22.4 Å². The van der Waals surface area contributed by atoms with E-state index in [2.05, 4.69) is 9.97 Å². The maximum atomic E-state index is 12.8. The fraction of sp³-hybridized carbons (Fsp3) is 0.600. The normalized spacial score (nSPS) is 20.0. The fourth-order valence-electron chi connectivity index (χ4n) is 2.99. The number of rotatable bonds is 3. The van der Waals surface area contributed by atoms with Gasteiger partial charge in [-0.25, -0.2) is 9.97 Å². The average Bonchev–Trinajstić information content (AvgIpc) is 2.36. The van der Waals surface area contributed by atoms with Gasteiger partial charge >= 0.3 is 5.97 Å². The van der Waals surface area contributed by atoms with Crippen molar-refractivity contribution >= 4 is 17.7 Å². The van der Waals surface area contributed by atoms with Crippen LogP contribution in [0.25, 0.3) is 0 Å². The lowest BCUT2D eigenvalue weighted by Gasteiger charge is -2.36. The highest BCUT2D eigenvalue weighted by Gasteiger charge is 2.48. The number of hydrogen-bond acceptors (Lipinski definition) is 6. The number of hydrogen-bond donors (Lipinski definition) is 1. The highest BCUT2D eigenvalue weighted by molar-refractivity contribution is 6.11. The van der Waals surface area contributed by atoms with E-state index in [9.17, 15) is 9.59 Å². The Morgan fingerprint density at radius 2 is 2.10 bits per heavy atom. The number of carbonyl (C=O) groups is 2. The average molecular weight is 291 g/mol. The van der Waals surface area contributed by atoms with Gasteiger partial charge < -0.3 is 10.5 Å². The molecule has 1 heterocycles. The van der Waals surface area contributed by atoms with Crippen molar-refractivity contribution in [2.75, 3.05) is 12.8 Å². The molecule has 1 atom stereocenters. The van der Waals surface area contributed by atoms with Crippen molar-refractivity contribution in [3.8, 4) is 0 Å². The Morgan fingerprint density at radius 3 is 2.67 bits per heavy atom. The van der Waals surface area contributed by atoms with E-state index in [0.29, 0.717) is 29.8 Å². The second-order valence-electron chi connectivity index (χ2n) is 6.09. The lowest BCUT2D eigenvalue weighted by molar-refractivity contribution is -0.147. The molecular formula is C15H21N3O3. The summed E-state index contributed by atoms with van der Waals surface area (Å²) in [5.41, 5.74) is 6.92. The zero-order chi connectivity index (χ0) is 15.8. The predicted molar refractivity (Wildman–Crippen MR) is 77.8 cm³/mol. The Balaban J connectivity index is 2.61. The highest BCUT2D eigenvalue weighted by Crippen LogP contribution is 2.40. The summed E-state index contributed by atoms with van der Waals surface area (Å²) in [6.07, 6.45) is 1.97. The van der Waals surface area contributed by atoms with Crippen molar-refractivity contribution in [3.63, 3.8) is 0 Å². The summed E-state index contributed by atoms with van der Waals surface area (Å²) in [6.45, 7) is 5.74. The number of esters is 1. The number of ketones is 1. The number of fused-ring (bicyclic) bond motifs is 1. The van der Waals surface area contributed by atoms with E-state index >= 15 is 0 Å². The molecule has 0 fully saturated rings. The molecule has 2 rings (SSSR count). The first-order chi connectivity index (χ1) is 9.81. The van der Waals surface area contributed by atoms with Crippen molar-refractivity contribution in [3.05, 3.63) is 17.0 Å². The van der Waals surface area contributed by atoms with E-state index in [1.54, 1.807) is 0 Å². The molecular weight excluding hydrogens is 270 g/mol. The van der Waals surface area contributed by atoms with Crippen molar-refractivity contribution < 1.29 is 14.3 Å². The van der Waals surface area contributed by atoms with Crippen molar-refractivity contribution in [2.24, 2.45) is 11.3 Å². The number of carbonyl (C=O) groups excluding carboxylic acids is 2. The minimum absolute atomic E-state index is 0.178. The summed E-state index contributed by atoms with van der Waals surface area (Å²) in [7, 11) is 1.30. The molecule has 0 aliphatic heterocycles. The first-order valence-electron chi connectivity index (χ1n) is 7.09. The molecule has 1 unspecified atom stereocenters. The monoisotopic (exact) mass is 291 g/mol.